The molecule has 1 aromatic carbocycles. The van der Waals surface area contributed by atoms with Crippen LogP contribution in [0.2, 0.25) is 0 Å². The van der Waals surface area contributed by atoms with Gasteiger partial charge in [0.05, 0.1) is 19.0 Å². The van der Waals surface area contributed by atoms with Gasteiger partial charge in [0.25, 0.3) is 0 Å². The third-order valence-electron chi connectivity index (χ3n) is 2.65. The van der Waals surface area contributed by atoms with Gasteiger partial charge < -0.3 is 9.84 Å². The molecule has 0 amide bonds. The molecule has 0 radical (unpaired) electrons. The predicted molar refractivity (Wildman–Crippen MR) is 70.2 cm³/mol. The molecule has 0 unspecified atom stereocenters. The highest BCUT2D eigenvalue weighted by Gasteiger charge is 2.25. The standard InChI is InChI=1S/C12H12N2O5S/c1-19-9-5-3-8(4-6-9)14-11(12(15)16)10(7-13-14)20(2,17)18/h3-7H,1-2H3,(H,15,16). The summed E-state index contributed by atoms with van der Waals surface area (Å²) >= 11 is 0. The van der Waals surface area contributed by atoms with Crippen LogP contribution < -0.4 is 4.74 Å². The van der Waals surface area contributed by atoms with Gasteiger partial charge >= 0.3 is 5.97 Å². The molecule has 0 spiro atoms. The van der Waals surface area contributed by atoms with E-state index in [0.29, 0.717) is 11.4 Å². The zero-order valence-corrected chi connectivity index (χ0v) is 11.6. The van der Waals surface area contributed by atoms with Crippen molar-refractivity contribution in [3.63, 3.8) is 0 Å². The maximum Gasteiger partial charge on any atom is 0.356 e. The zero-order valence-electron chi connectivity index (χ0n) is 10.8. The fraction of sp³-hybridized carbons (Fsp3) is 0.167. The van der Waals surface area contributed by atoms with Crippen molar-refractivity contribution in [1.82, 2.24) is 9.78 Å². The molecule has 0 atom stereocenters. The minimum Gasteiger partial charge on any atom is -0.497 e. The number of ether oxygens (including phenoxy) is 1. The first-order valence-electron chi connectivity index (χ1n) is 5.50. The Labute approximate surface area is 115 Å². The van der Waals surface area contributed by atoms with E-state index in [0.717, 1.165) is 17.1 Å². The van der Waals surface area contributed by atoms with E-state index in [9.17, 15) is 18.3 Å². The quantitative estimate of drug-likeness (QED) is 0.903. The molecule has 0 bridgehead atoms. The lowest BCUT2D eigenvalue weighted by Gasteiger charge is -2.06. The summed E-state index contributed by atoms with van der Waals surface area (Å²) in [5.41, 5.74) is 0.0377. The molecule has 1 heterocycles. The van der Waals surface area contributed by atoms with Crippen molar-refractivity contribution in [2.45, 2.75) is 4.90 Å². The molecule has 0 saturated heterocycles. The lowest BCUT2D eigenvalue weighted by molar-refractivity contribution is 0.0682. The van der Waals surface area contributed by atoms with E-state index in [4.69, 9.17) is 4.74 Å². The van der Waals surface area contributed by atoms with Crippen molar-refractivity contribution in [2.24, 2.45) is 0 Å². The van der Waals surface area contributed by atoms with Gasteiger partial charge in [0.15, 0.2) is 15.5 Å². The number of aromatic carboxylic acids is 1. The molecule has 8 heteroatoms. The molecule has 20 heavy (non-hydrogen) atoms. The Balaban J connectivity index is 2.62. The van der Waals surface area contributed by atoms with Crippen molar-refractivity contribution in [3.8, 4) is 11.4 Å². The monoisotopic (exact) mass is 296 g/mol. The number of hydrogen-bond acceptors (Lipinski definition) is 5. The first-order chi connectivity index (χ1) is 9.34. The lowest BCUT2D eigenvalue weighted by Crippen LogP contribution is -2.12. The fourth-order valence-electron chi connectivity index (χ4n) is 1.72. The molecule has 0 aliphatic heterocycles. The Morgan fingerprint density at radius 1 is 1.30 bits per heavy atom. The smallest absolute Gasteiger partial charge is 0.356 e. The Kier molecular flexibility index (Phi) is 3.49. The van der Waals surface area contributed by atoms with Crippen LogP contribution in [0.1, 0.15) is 10.5 Å². The summed E-state index contributed by atoms with van der Waals surface area (Å²) in [7, 11) is -2.16. The molecule has 1 aromatic heterocycles. The number of nitrogens with zero attached hydrogens (tertiary/aromatic N) is 2. The van der Waals surface area contributed by atoms with Gasteiger partial charge in [-0.2, -0.15) is 5.10 Å². The van der Waals surface area contributed by atoms with Crippen LogP contribution in [0.15, 0.2) is 35.4 Å². The molecular formula is C12H12N2O5S. The number of aromatic nitrogens is 2. The summed E-state index contributed by atoms with van der Waals surface area (Å²) < 4.78 is 29.2. The van der Waals surface area contributed by atoms with Crippen molar-refractivity contribution in [3.05, 3.63) is 36.2 Å². The van der Waals surface area contributed by atoms with Crippen LogP contribution in [-0.4, -0.2) is 42.6 Å². The third-order valence-corrected chi connectivity index (χ3v) is 3.75. The van der Waals surface area contributed by atoms with Crippen molar-refractivity contribution < 1.29 is 23.1 Å². The lowest BCUT2D eigenvalue weighted by atomic mass is 10.3. The molecular weight excluding hydrogens is 284 g/mol. The van der Waals surface area contributed by atoms with Crippen molar-refractivity contribution in [1.29, 1.82) is 0 Å². The van der Waals surface area contributed by atoms with E-state index in [1.165, 1.54) is 7.11 Å². The first kappa shape index (κ1) is 14.1. The highest BCUT2D eigenvalue weighted by atomic mass is 32.2. The average molecular weight is 296 g/mol. The highest BCUT2D eigenvalue weighted by Crippen LogP contribution is 2.21. The summed E-state index contributed by atoms with van der Waals surface area (Å²) in [6.45, 7) is 0. The van der Waals surface area contributed by atoms with Gasteiger partial charge in [0.2, 0.25) is 0 Å². The molecule has 106 valence electrons. The first-order valence-corrected chi connectivity index (χ1v) is 7.39. The number of benzene rings is 1. The molecule has 0 aliphatic rings. The number of methoxy groups -OCH3 is 1. The normalized spacial score (nSPS) is 11.3. The second-order valence-corrected chi connectivity index (χ2v) is 6.03. The predicted octanol–water partition coefficient (Wildman–Crippen LogP) is 0.983. The third kappa shape index (κ3) is 2.50. The summed E-state index contributed by atoms with van der Waals surface area (Å²) in [5.74, 6) is -0.764. The van der Waals surface area contributed by atoms with Gasteiger partial charge in [-0.3, -0.25) is 0 Å². The van der Waals surface area contributed by atoms with Crippen LogP contribution in [0, 0.1) is 0 Å². The summed E-state index contributed by atoms with van der Waals surface area (Å²) in [6, 6.07) is 6.43. The van der Waals surface area contributed by atoms with E-state index in [2.05, 4.69) is 5.10 Å². The summed E-state index contributed by atoms with van der Waals surface area (Å²) in [4.78, 5) is 11.0. The molecule has 7 nitrogen and oxygen atoms in total. The number of carboxylic acid groups (broad SMARTS) is 1. The van der Waals surface area contributed by atoms with Crippen LogP contribution in [0.5, 0.6) is 5.75 Å². The second-order valence-electron chi connectivity index (χ2n) is 4.04. The van der Waals surface area contributed by atoms with Crippen molar-refractivity contribution in [2.75, 3.05) is 13.4 Å². The van der Waals surface area contributed by atoms with Gasteiger partial charge in [-0.15, -0.1) is 0 Å². The summed E-state index contributed by atoms with van der Waals surface area (Å²) in [5, 5.41) is 13.1. The molecule has 1 N–H and O–H groups in total. The topological polar surface area (TPSA) is 98.5 Å². The van der Waals surface area contributed by atoms with E-state index in [1.807, 2.05) is 0 Å². The van der Waals surface area contributed by atoms with Crippen LogP contribution in [-0.2, 0) is 9.84 Å². The van der Waals surface area contributed by atoms with Crippen LogP contribution in [0.25, 0.3) is 5.69 Å². The Morgan fingerprint density at radius 3 is 2.35 bits per heavy atom. The van der Waals surface area contributed by atoms with E-state index in [-0.39, 0.29) is 4.90 Å². The highest BCUT2D eigenvalue weighted by molar-refractivity contribution is 7.90. The molecule has 0 saturated carbocycles. The Hall–Kier alpha value is -2.35. The van der Waals surface area contributed by atoms with Gasteiger partial charge in [-0.25, -0.2) is 17.9 Å². The van der Waals surface area contributed by atoms with Crippen LogP contribution >= 0.6 is 0 Å². The van der Waals surface area contributed by atoms with Gasteiger partial charge in [-0.1, -0.05) is 0 Å². The SMILES string of the molecule is COc1ccc(-n2ncc(S(C)(=O)=O)c2C(=O)O)cc1. The molecule has 0 aliphatic carbocycles. The van der Waals surface area contributed by atoms with Gasteiger partial charge in [-0.05, 0) is 24.3 Å². The second kappa shape index (κ2) is 4.97. The molecule has 2 aromatic rings. The molecule has 2 rings (SSSR count). The average Bonchev–Trinajstić information content (AvgIpc) is 2.83. The van der Waals surface area contributed by atoms with Gasteiger partial charge in [0, 0.05) is 6.26 Å². The van der Waals surface area contributed by atoms with E-state index < -0.39 is 21.5 Å². The number of carbonyl (C=O) groups is 1. The van der Waals surface area contributed by atoms with Gasteiger partial charge in [0.1, 0.15) is 10.6 Å². The maximum atomic E-state index is 11.6. The van der Waals surface area contributed by atoms with Crippen LogP contribution in [0.3, 0.4) is 0 Å². The van der Waals surface area contributed by atoms with E-state index >= 15 is 0 Å². The van der Waals surface area contributed by atoms with Crippen molar-refractivity contribution >= 4 is 15.8 Å². The molecule has 0 fully saturated rings. The van der Waals surface area contributed by atoms with Crippen LogP contribution in [0.4, 0.5) is 0 Å². The minimum atomic E-state index is -3.67. The number of carboxylic acids is 1. The zero-order chi connectivity index (χ0) is 14.9. The largest absolute Gasteiger partial charge is 0.497 e. The Morgan fingerprint density at radius 2 is 1.90 bits per heavy atom. The van der Waals surface area contributed by atoms with E-state index in [1.54, 1.807) is 24.3 Å². The number of rotatable bonds is 4. The fourth-order valence-corrected chi connectivity index (χ4v) is 2.48. The number of sulfone groups is 1. The Bertz CT molecular complexity index is 747. The summed E-state index contributed by atoms with van der Waals surface area (Å²) in [6.07, 6.45) is 1.97. The minimum absolute atomic E-state index is 0.319. The number of hydrogen-bond donors (Lipinski definition) is 1. The maximum absolute atomic E-state index is 11.6.